The predicted octanol–water partition coefficient (Wildman–Crippen LogP) is 3.89. The smallest absolute Gasteiger partial charge is 0.422 e. The molecule has 1 aromatic rings. The molecule has 9 heteroatoms. The van der Waals surface area contributed by atoms with Crippen LogP contribution in [-0.4, -0.2) is 48.4 Å². The van der Waals surface area contributed by atoms with E-state index in [1.165, 1.54) is 12.1 Å². The SMILES string of the molecule is CC(C)(C)OC(=O)N1CCCC(C(=O)NCc2ccc(OCC(F)(F)F)cc2)C1. The summed E-state index contributed by atoms with van der Waals surface area (Å²) in [5.41, 5.74) is 0.139. The number of carbonyl (C=O) groups excluding carboxylic acids is 2. The Morgan fingerprint density at radius 2 is 1.83 bits per heavy atom. The lowest BCUT2D eigenvalue weighted by Gasteiger charge is -2.33. The second-order valence-electron chi connectivity index (χ2n) is 8.03. The van der Waals surface area contributed by atoms with Crippen molar-refractivity contribution in [2.75, 3.05) is 19.7 Å². The van der Waals surface area contributed by atoms with E-state index in [-0.39, 0.29) is 24.1 Å². The highest BCUT2D eigenvalue weighted by Gasteiger charge is 2.31. The molecule has 162 valence electrons. The summed E-state index contributed by atoms with van der Waals surface area (Å²) in [6.07, 6.45) is -3.43. The van der Waals surface area contributed by atoms with Gasteiger partial charge in [-0.15, -0.1) is 0 Å². The molecule has 1 atom stereocenters. The minimum Gasteiger partial charge on any atom is -0.484 e. The number of piperidine rings is 1. The van der Waals surface area contributed by atoms with Crippen LogP contribution >= 0.6 is 0 Å². The average Bonchev–Trinajstić information content (AvgIpc) is 2.63. The highest BCUT2D eigenvalue weighted by atomic mass is 19.4. The molecular formula is C20H27F3N2O4. The van der Waals surface area contributed by atoms with Gasteiger partial charge in [-0.3, -0.25) is 4.79 Å². The molecule has 1 unspecified atom stereocenters. The number of likely N-dealkylation sites (tertiary alicyclic amines) is 1. The zero-order valence-electron chi connectivity index (χ0n) is 16.8. The molecule has 1 aliphatic rings. The van der Waals surface area contributed by atoms with Crippen molar-refractivity contribution in [1.29, 1.82) is 0 Å². The van der Waals surface area contributed by atoms with Crippen LogP contribution in [0.2, 0.25) is 0 Å². The van der Waals surface area contributed by atoms with Gasteiger partial charge in [0.15, 0.2) is 6.61 Å². The summed E-state index contributed by atoms with van der Waals surface area (Å²) in [4.78, 5) is 26.2. The van der Waals surface area contributed by atoms with Gasteiger partial charge in [0.2, 0.25) is 5.91 Å². The third-order valence-corrected chi connectivity index (χ3v) is 4.24. The molecule has 2 rings (SSSR count). The molecule has 29 heavy (non-hydrogen) atoms. The molecule has 0 bridgehead atoms. The number of benzene rings is 1. The van der Waals surface area contributed by atoms with Crippen LogP contribution < -0.4 is 10.1 Å². The maximum absolute atomic E-state index is 12.5. The first kappa shape index (κ1) is 22.8. The van der Waals surface area contributed by atoms with Crippen LogP contribution in [0.4, 0.5) is 18.0 Å². The van der Waals surface area contributed by atoms with E-state index < -0.39 is 24.5 Å². The fourth-order valence-corrected chi connectivity index (χ4v) is 2.89. The second-order valence-corrected chi connectivity index (χ2v) is 8.03. The highest BCUT2D eigenvalue weighted by molar-refractivity contribution is 5.80. The quantitative estimate of drug-likeness (QED) is 0.791. The largest absolute Gasteiger partial charge is 0.484 e. The van der Waals surface area contributed by atoms with Crippen LogP contribution in [0.3, 0.4) is 0 Å². The number of amides is 2. The van der Waals surface area contributed by atoms with Gasteiger partial charge in [-0.25, -0.2) is 4.79 Å². The molecular weight excluding hydrogens is 389 g/mol. The predicted molar refractivity (Wildman–Crippen MR) is 100 cm³/mol. The number of hydrogen-bond acceptors (Lipinski definition) is 4. The average molecular weight is 416 g/mol. The number of ether oxygens (including phenoxy) is 2. The number of halogens is 3. The van der Waals surface area contributed by atoms with Crippen LogP contribution in [-0.2, 0) is 16.1 Å². The molecule has 0 spiro atoms. The summed E-state index contributed by atoms with van der Waals surface area (Å²) >= 11 is 0. The van der Waals surface area contributed by atoms with Crippen molar-refractivity contribution in [3.05, 3.63) is 29.8 Å². The van der Waals surface area contributed by atoms with E-state index in [0.29, 0.717) is 25.9 Å². The van der Waals surface area contributed by atoms with Crippen LogP contribution in [0.15, 0.2) is 24.3 Å². The first-order valence-corrected chi connectivity index (χ1v) is 9.47. The van der Waals surface area contributed by atoms with Crippen molar-refractivity contribution < 1.29 is 32.2 Å². The highest BCUT2D eigenvalue weighted by Crippen LogP contribution is 2.21. The first-order chi connectivity index (χ1) is 13.4. The lowest BCUT2D eigenvalue weighted by Crippen LogP contribution is -2.46. The Morgan fingerprint density at radius 3 is 2.41 bits per heavy atom. The second kappa shape index (κ2) is 9.37. The lowest BCUT2D eigenvalue weighted by atomic mass is 9.97. The molecule has 6 nitrogen and oxygen atoms in total. The van der Waals surface area contributed by atoms with Crippen LogP contribution in [0.25, 0.3) is 0 Å². The van der Waals surface area contributed by atoms with E-state index in [1.807, 2.05) is 0 Å². The third-order valence-electron chi connectivity index (χ3n) is 4.24. The van der Waals surface area contributed by atoms with Gasteiger partial charge in [-0.1, -0.05) is 12.1 Å². The number of hydrogen-bond donors (Lipinski definition) is 1. The molecule has 1 saturated heterocycles. The van der Waals surface area contributed by atoms with Crippen molar-refractivity contribution in [3.8, 4) is 5.75 Å². The molecule has 0 saturated carbocycles. The normalized spacial score (nSPS) is 17.6. The van der Waals surface area contributed by atoms with E-state index in [0.717, 1.165) is 5.56 Å². The molecule has 0 aliphatic carbocycles. The van der Waals surface area contributed by atoms with Gasteiger partial charge in [-0.2, -0.15) is 13.2 Å². The van der Waals surface area contributed by atoms with Crippen LogP contribution in [0.5, 0.6) is 5.75 Å². The Balaban J connectivity index is 1.81. The van der Waals surface area contributed by atoms with Crippen LogP contribution in [0, 0.1) is 5.92 Å². The molecule has 1 heterocycles. The first-order valence-electron chi connectivity index (χ1n) is 9.47. The third kappa shape index (κ3) is 8.21. The van der Waals surface area contributed by atoms with E-state index in [1.54, 1.807) is 37.8 Å². The van der Waals surface area contributed by atoms with Crippen molar-refractivity contribution in [2.24, 2.45) is 5.92 Å². The lowest BCUT2D eigenvalue weighted by molar-refractivity contribution is -0.153. The number of carbonyl (C=O) groups is 2. The van der Waals surface area contributed by atoms with Gasteiger partial charge in [0, 0.05) is 19.6 Å². The van der Waals surface area contributed by atoms with E-state index in [2.05, 4.69) is 10.1 Å². The van der Waals surface area contributed by atoms with E-state index in [4.69, 9.17) is 4.74 Å². The summed E-state index contributed by atoms with van der Waals surface area (Å²) in [5.74, 6) is -0.390. The minimum absolute atomic E-state index is 0.109. The summed E-state index contributed by atoms with van der Waals surface area (Å²) in [6.45, 7) is 5.11. The Morgan fingerprint density at radius 1 is 1.17 bits per heavy atom. The Bertz CT molecular complexity index is 699. The van der Waals surface area contributed by atoms with Gasteiger partial charge in [0.1, 0.15) is 11.4 Å². The van der Waals surface area contributed by atoms with Gasteiger partial charge in [0.05, 0.1) is 5.92 Å². The number of nitrogens with zero attached hydrogens (tertiary/aromatic N) is 1. The van der Waals surface area contributed by atoms with Crippen molar-refractivity contribution in [3.63, 3.8) is 0 Å². The molecule has 1 aliphatic heterocycles. The number of rotatable bonds is 5. The van der Waals surface area contributed by atoms with Crippen LogP contribution in [0.1, 0.15) is 39.2 Å². The zero-order valence-corrected chi connectivity index (χ0v) is 16.8. The summed E-state index contributed by atoms with van der Waals surface area (Å²) in [6, 6.07) is 6.05. The number of nitrogens with one attached hydrogen (secondary N) is 1. The molecule has 2 amide bonds. The molecule has 1 N–H and O–H groups in total. The van der Waals surface area contributed by atoms with Crippen molar-refractivity contribution in [2.45, 2.75) is 51.9 Å². The van der Waals surface area contributed by atoms with Crippen molar-refractivity contribution >= 4 is 12.0 Å². The molecule has 0 radical (unpaired) electrons. The fourth-order valence-electron chi connectivity index (χ4n) is 2.89. The maximum Gasteiger partial charge on any atom is 0.422 e. The Hall–Kier alpha value is -2.45. The van der Waals surface area contributed by atoms with Gasteiger partial charge < -0.3 is 19.7 Å². The fraction of sp³-hybridized carbons (Fsp3) is 0.600. The molecule has 0 aromatic heterocycles. The van der Waals surface area contributed by atoms with Crippen molar-refractivity contribution in [1.82, 2.24) is 10.2 Å². The summed E-state index contributed by atoms with van der Waals surface area (Å²) in [7, 11) is 0. The van der Waals surface area contributed by atoms with E-state index in [9.17, 15) is 22.8 Å². The standard InChI is InChI=1S/C20H27F3N2O4/c1-19(2,3)29-18(27)25-10-4-5-15(12-25)17(26)24-11-14-6-8-16(9-7-14)28-13-20(21,22)23/h6-9,15H,4-5,10-13H2,1-3H3,(H,24,26). The number of alkyl halides is 3. The maximum atomic E-state index is 12.5. The minimum atomic E-state index is -4.39. The summed E-state index contributed by atoms with van der Waals surface area (Å²) in [5, 5.41) is 2.81. The topological polar surface area (TPSA) is 67.9 Å². The van der Waals surface area contributed by atoms with E-state index >= 15 is 0 Å². The molecule has 1 fully saturated rings. The Kier molecular flexibility index (Phi) is 7.37. The molecule has 1 aromatic carbocycles. The van der Waals surface area contributed by atoms with Gasteiger partial charge in [-0.05, 0) is 51.3 Å². The van der Waals surface area contributed by atoms with Gasteiger partial charge in [0.25, 0.3) is 0 Å². The monoisotopic (exact) mass is 416 g/mol. The Labute approximate surface area is 168 Å². The summed E-state index contributed by atoms with van der Waals surface area (Å²) < 4.78 is 46.5. The van der Waals surface area contributed by atoms with Gasteiger partial charge >= 0.3 is 12.3 Å². The zero-order chi connectivity index (χ0) is 21.7.